The highest BCUT2D eigenvalue weighted by Gasteiger charge is 2.44. The average molecular weight is 393 g/mol. The Bertz CT molecular complexity index is 973. The van der Waals surface area contributed by atoms with Crippen LogP contribution >= 0.6 is 0 Å². The minimum atomic E-state index is -0.195. The van der Waals surface area contributed by atoms with E-state index in [1.807, 2.05) is 30.3 Å². The van der Waals surface area contributed by atoms with E-state index >= 15 is 0 Å². The van der Waals surface area contributed by atoms with Gasteiger partial charge in [-0.25, -0.2) is 5.43 Å². The van der Waals surface area contributed by atoms with Gasteiger partial charge in [0.15, 0.2) is 11.5 Å². The summed E-state index contributed by atoms with van der Waals surface area (Å²) >= 11 is 0. The molecule has 3 atom stereocenters. The van der Waals surface area contributed by atoms with Crippen molar-refractivity contribution < 1.29 is 19.0 Å². The number of hydrogen-bond donors (Lipinski definition) is 2. The SMILES string of the molecule is COc1ccc(C2C(C)NN3C(=O)C=C(c4ccc5c(c4)OCCO5)NC23)cc1. The molecular weight excluding hydrogens is 370 g/mol. The van der Waals surface area contributed by atoms with Crippen molar-refractivity contribution in [1.29, 1.82) is 0 Å². The molecule has 0 saturated carbocycles. The zero-order valence-corrected chi connectivity index (χ0v) is 16.3. The number of methoxy groups -OCH3 is 1. The molecule has 0 spiro atoms. The molecule has 2 aromatic carbocycles. The Hall–Kier alpha value is -3.19. The highest BCUT2D eigenvalue weighted by Crippen LogP contribution is 2.37. The largest absolute Gasteiger partial charge is 0.497 e. The number of carbonyl (C=O) groups is 1. The van der Waals surface area contributed by atoms with Crippen LogP contribution in [0.3, 0.4) is 0 Å². The highest BCUT2D eigenvalue weighted by atomic mass is 16.6. The van der Waals surface area contributed by atoms with Gasteiger partial charge in [0.05, 0.1) is 7.11 Å². The van der Waals surface area contributed by atoms with Crippen LogP contribution in [0.25, 0.3) is 5.70 Å². The number of nitrogens with one attached hydrogen (secondary N) is 2. The maximum Gasteiger partial charge on any atom is 0.264 e. The number of rotatable bonds is 3. The van der Waals surface area contributed by atoms with Crippen molar-refractivity contribution in [3.05, 3.63) is 59.7 Å². The summed E-state index contributed by atoms with van der Waals surface area (Å²) in [6.07, 6.45) is 1.43. The van der Waals surface area contributed by atoms with Crippen LogP contribution in [-0.2, 0) is 4.79 Å². The lowest BCUT2D eigenvalue weighted by Crippen LogP contribution is -2.52. The Labute approximate surface area is 169 Å². The zero-order chi connectivity index (χ0) is 20.0. The predicted octanol–water partition coefficient (Wildman–Crippen LogP) is 2.26. The van der Waals surface area contributed by atoms with Crippen molar-refractivity contribution in [2.24, 2.45) is 0 Å². The lowest BCUT2D eigenvalue weighted by atomic mass is 9.90. The average Bonchev–Trinajstić information content (AvgIpc) is 3.10. The summed E-state index contributed by atoms with van der Waals surface area (Å²) in [6, 6.07) is 13.9. The predicted molar refractivity (Wildman–Crippen MR) is 108 cm³/mol. The van der Waals surface area contributed by atoms with Gasteiger partial charge in [0.25, 0.3) is 5.91 Å². The molecule has 3 aliphatic heterocycles. The van der Waals surface area contributed by atoms with Crippen LogP contribution in [0.5, 0.6) is 17.2 Å². The van der Waals surface area contributed by atoms with Gasteiger partial charge < -0.3 is 19.5 Å². The lowest BCUT2D eigenvalue weighted by Gasteiger charge is -2.33. The Balaban J connectivity index is 1.46. The van der Waals surface area contributed by atoms with Gasteiger partial charge in [-0.3, -0.25) is 9.80 Å². The molecule has 150 valence electrons. The molecule has 0 aliphatic carbocycles. The molecular formula is C22H23N3O4. The fourth-order valence-electron chi connectivity index (χ4n) is 4.24. The Kier molecular flexibility index (Phi) is 4.32. The maximum absolute atomic E-state index is 12.8. The smallest absolute Gasteiger partial charge is 0.264 e. The zero-order valence-electron chi connectivity index (χ0n) is 16.3. The van der Waals surface area contributed by atoms with E-state index in [2.05, 4.69) is 29.8 Å². The van der Waals surface area contributed by atoms with Gasteiger partial charge in [0.2, 0.25) is 0 Å². The van der Waals surface area contributed by atoms with Crippen molar-refractivity contribution in [3.63, 3.8) is 0 Å². The number of nitrogens with zero attached hydrogens (tertiary/aromatic N) is 1. The fourth-order valence-corrected chi connectivity index (χ4v) is 4.24. The number of benzene rings is 2. The molecule has 3 heterocycles. The van der Waals surface area contributed by atoms with Gasteiger partial charge in [-0.15, -0.1) is 0 Å². The summed E-state index contributed by atoms with van der Waals surface area (Å²) in [4.78, 5) is 12.8. The van der Waals surface area contributed by atoms with Gasteiger partial charge in [0.1, 0.15) is 25.1 Å². The lowest BCUT2D eigenvalue weighted by molar-refractivity contribution is -0.130. The monoisotopic (exact) mass is 393 g/mol. The number of hydrazine groups is 1. The van der Waals surface area contributed by atoms with Crippen LogP contribution in [0.1, 0.15) is 24.0 Å². The summed E-state index contributed by atoms with van der Waals surface area (Å²) in [7, 11) is 1.66. The molecule has 1 saturated heterocycles. The van der Waals surface area contributed by atoms with Crippen LogP contribution in [0.2, 0.25) is 0 Å². The normalized spacial score (nSPS) is 25.2. The van der Waals surface area contributed by atoms with E-state index in [0.29, 0.717) is 19.0 Å². The summed E-state index contributed by atoms with van der Waals surface area (Å²) < 4.78 is 16.6. The number of carbonyl (C=O) groups excluding carboxylic acids is 1. The molecule has 7 heteroatoms. The van der Waals surface area contributed by atoms with Crippen molar-refractivity contribution in [2.75, 3.05) is 20.3 Å². The van der Waals surface area contributed by atoms with E-state index in [9.17, 15) is 4.79 Å². The summed E-state index contributed by atoms with van der Waals surface area (Å²) in [5.41, 5.74) is 6.12. The van der Waals surface area contributed by atoms with Crippen LogP contribution in [0.15, 0.2) is 48.5 Å². The fraction of sp³-hybridized carbons (Fsp3) is 0.318. The van der Waals surface area contributed by atoms with Gasteiger partial charge >= 0.3 is 0 Å². The quantitative estimate of drug-likeness (QED) is 0.834. The maximum atomic E-state index is 12.8. The highest BCUT2D eigenvalue weighted by molar-refractivity contribution is 5.97. The minimum Gasteiger partial charge on any atom is -0.497 e. The first-order valence-electron chi connectivity index (χ1n) is 9.75. The summed E-state index contributed by atoms with van der Waals surface area (Å²) in [5, 5.41) is 5.23. The standard InChI is InChI=1S/C22H23N3O4/c1-13-21(14-3-6-16(27-2)7-4-14)22-23-17(12-20(26)25(22)24-13)15-5-8-18-19(11-15)29-10-9-28-18/h3-8,11-13,21-24H,9-10H2,1-2H3. The Morgan fingerprint density at radius 2 is 1.83 bits per heavy atom. The van der Waals surface area contributed by atoms with Gasteiger partial charge in [-0.1, -0.05) is 12.1 Å². The molecule has 1 fully saturated rings. The number of hydrogen-bond acceptors (Lipinski definition) is 6. The molecule has 0 bridgehead atoms. The molecule has 3 aliphatic rings. The number of fused-ring (bicyclic) bond motifs is 2. The van der Waals surface area contributed by atoms with E-state index in [4.69, 9.17) is 14.2 Å². The second-order valence-electron chi connectivity index (χ2n) is 7.43. The van der Waals surface area contributed by atoms with Gasteiger partial charge in [0, 0.05) is 29.3 Å². The van der Waals surface area contributed by atoms with Crippen LogP contribution in [0.4, 0.5) is 0 Å². The van der Waals surface area contributed by atoms with E-state index in [0.717, 1.165) is 28.3 Å². The van der Waals surface area contributed by atoms with Crippen molar-refractivity contribution in [1.82, 2.24) is 15.8 Å². The Morgan fingerprint density at radius 3 is 2.59 bits per heavy atom. The Morgan fingerprint density at radius 1 is 1.07 bits per heavy atom. The third-order valence-electron chi connectivity index (χ3n) is 5.66. The van der Waals surface area contributed by atoms with Gasteiger partial charge in [-0.2, -0.15) is 0 Å². The van der Waals surface area contributed by atoms with E-state index < -0.39 is 0 Å². The molecule has 7 nitrogen and oxygen atoms in total. The van der Waals surface area contributed by atoms with Crippen LogP contribution in [-0.4, -0.2) is 43.4 Å². The third-order valence-corrected chi connectivity index (χ3v) is 5.66. The van der Waals surface area contributed by atoms with Crippen molar-refractivity contribution in [2.45, 2.75) is 25.0 Å². The second-order valence-corrected chi connectivity index (χ2v) is 7.43. The molecule has 29 heavy (non-hydrogen) atoms. The number of ether oxygens (including phenoxy) is 3. The van der Waals surface area contributed by atoms with Gasteiger partial charge in [-0.05, 0) is 42.8 Å². The molecule has 2 aromatic rings. The second kappa shape index (κ2) is 7.00. The number of amides is 1. The first kappa shape index (κ1) is 17.9. The molecule has 3 unspecified atom stereocenters. The molecule has 0 aromatic heterocycles. The molecule has 0 radical (unpaired) electrons. The van der Waals surface area contributed by atoms with E-state index in [-0.39, 0.29) is 24.0 Å². The molecule has 1 amide bonds. The molecule has 2 N–H and O–H groups in total. The first-order chi connectivity index (χ1) is 14.1. The minimum absolute atomic E-state index is 0.0681. The summed E-state index contributed by atoms with van der Waals surface area (Å²) in [5.74, 6) is 2.27. The van der Waals surface area contributed by atoms with E-state index in [1.165, 1.54) is 0 Å². The molecule has 5 rings (SSSR count). The first-order valence-corrected chi connectivity index (χ1v) is 9.75. The van der Waals surface area contributed by atoms with Crippen LogP contribution in [0, 0.1) is 0 Å². The van der Waals surface area contributed by atoms with Crippen LogP contribution < -0.4 is 25.0 Å². The topological polar surface area (TPSA) is 72.1 Å². The van der Waals surface area contributed by atoms with Crippen molar-refractivity contribution in [3.8, 4) is 17.2 Å². The van der Waals surface area contributed by atoms with E-state index in [1.54, 1.807) is 18.2 Å². The van der Waals surface area contributed by atoms with Crippen molar-refractivity contribution >= 4 is 11.6 Å². The summed E-state index contributed by atoms with van der Waals surface area (Å²) in [6.45, 7) is 3.17. The third kappa shape index (κ3) is 3.07.